The molecule has 20 heavy (non-hydrogen) atoms. The summed E-state index contributed by atoms with van der Waals surface area (Å²) in [5.74, 6) is 0.417. The normalized spacial score (nSPS) is 18.6. The lowest BCUT2D eigenvalue weighted by Gasteiger charge is -2.21. The van der Waals surface area contributed by atoms with Crippen molar-refractivity contribution in [1.82, 2.24) is 0 Å². The van der Waals surface area contributed by atoms with E-state index < -0.39 is 0 Å². The highest BCUT2D eigenvalue weighted by molar-refractivity contribution is 5.39. The third-order valence-corrected chi connectivity index (χ3v) is 4.18. The average Bonchev–Trinajstić information content (AvgIpc) is 2.90. The van der Waals surface area contributed by atoms with Gasteiger partial charge in [0.1, 0.15) is 11.6 Å². The molecule has 0 amide bonds. The molecule has 0 radical (unpaired) electrons. The van der Waals surface area contributed by atoms with Gasteiger partial charge in [0, 0.05) is 23.6 Å². The Morgan fingerprint density at radius 2 is 2.05 bits per heavy atom. The maximum absolute atomic E-state index is 14.2. The van der Waals surface area contributed by atoms with E-state index in [1.807, 2.05) is 12.1 Å². The monoisotopic (exact) mass is 271 g/mol. The van der Waals surface area contributed by atoms with Gasteiger partial charge in [0.2, 0.25) is 0 Å². The third kappa shape index (κ3) is 2.18. The highest BCUT2D eigenvalue weighted by atomic mass is 19.1. The molecule has 1 aliphatic carbocycles. The van der Waals surface area contributed by atoms with E-state index >= 15 is 0 Å². The molecule has 2 atom stereocenters. The number of aryl methyl sites for hydroxylation is 1. The lowest BCUT2D eigenvalue weighted by molar-refractivity contribution is 0.409. The predicted octanol–water partition coefficient (Wildman–Crippen LogP) is 3.56. The summed E-state index contributed by atoms with van der Waals surface area (Å²) in [5.41, 5.74) is 9.48. The van der Waals surface area contributed by atoms with Crippen LogP contribution in [0.15, 0.2) is 42.5 Å². The van der Waals surface area contributed by atoms with Crippen LogP contribution < -0.4 is 10.5 Å². The summed E-state index contributed by atoms with van der Waals surface area (Å²) in [6.45, 7) is 0. The van der Waals surface area contributed by atoms with Crippen LogP contribution in [0.4, 0.5) is 4.39 Å². The topological polar surface area (TPSA) is 35.2 Å². The third-order valence-electron chi connectivity index (χ3n) is 4.18. The molecular formula is C17H18FNO. The fourth-order valence-corrected chi connectivity index (χ4v) is 3.09. The van der Waals surface area contributed by atoms with Gasteiger partial charge in [0.05, 0.1) is 7.11 Å². The number of ether oxygens (including phenoxy) is 1. The Hall–Kier alpha value is -1.87. The minimum Gasteiger partial charge on any atom is -0.497 e. The predicted molar refractivity (Wildman–Crippen MR) is 77.4 cm³/mol. The Labute approximate surface area is 118 Å². The van der Waals surface area contributed by atoms with Crippen LogP contribution in [0.3, 0.4) is 0 Å². The molecule has 104 valence electrons. The number of hydrogen-bond donors (Lipinski definition) is 1. The summed E-state index contributed by atoms with van der Waals surface area (Å²) in [7, 11) is 1.53. The van der Waals surface area contributed by atoms with Gasteiger partial charge in [0.15, 0.2) is 0 Å². The number of halogens is 1. The van der Waals surface area contributed by atoms with Crippen molar-refractivity contribution >= 4 is 0 Å². The van der Waals surface area contributed by atoms with Crippen molar-refractivity contribution in [2.24, 2.45) is 5.73 Å². The number of nitrogens with two attached hydrogens (primary N) is 1. The van der Waals surface area contributed by atoms with Gasteiger partial charge in [-0.2, -0.15) is 0 Å². The minimum atomic E-state index is -0.315. The summed E-state index contributed by atoms with van der Waals surface area (Å²) < 4.78 is 19.2. The first-order chi connectivity index (χ1) is 9.70. The number of benzene rings is 2. The highest BCUT2D eigenvalue weighted by Crippen LogP contribution is 2.41. The summed E-state index contributed by atoms with van der Waals surface area (Å²) in [6, 6.07) is 12.9. The van der Waals surface area contributed by atoms with Gasteiger partial charge in [-0.1, -0.05) is 30.3 Å². The second kappa shape index (κ2) is 5.25. The van der Waals surface area contributed by atoms with Gasteiger partial charge in [-0.3, -0.25) is 0 Å². The second-order valence-corrected chi connectivity index (χ2v) is 5.26. The fraction of sp³-hybridized carbons (Fsp3) is 0.294. The molecule has 0 fully saturated rings. The first-order valence-corrected chi connectivity index (χ1v) is 6.87. The Morgan fingerprint density at radius 3 is 2.80 bits per heavy atom. The van der Waals surface area contributed by atoms with Crippen LogP contribution in [-0.2, 0) is 6.42 Å². The lowest BCUT2D eigenvalue weighted by Crippen LogP contribution is -2.19. The van der Waals surface area contributed by atoms with Crippen molar-refractivity contribution in [2.45, 2.75) is 24.8 Å². The summed E-state index contributed by atoms with van der Waals surface area (Å²) in [6.07, 6.45) is 2.00. The van der Waals surface area contributed by atoms with Crippen LogP contribution in [0.5, 0.6) is 5.75 Å². The van der Waals surface area contributed by atoms with E-state index in [-0.39, 0.29) is 17.8 Å². The maximum Gasteiger partial charge on any atom is 0.131 e. The molecular weight excluding hydrogens is 253 g/mol. The molecule has 0 bridgehead atoms. The lowest BCUT2D eigenvalue weighted by atomic mass is 9.88. The summed E-state index contributed by atoms with van der Waals surface area (Å²) >= 11 is 0. The molecule has 0 heterocycles. The van der Waals surface area contributed by atoms with Crippen molar-refractivity contribution in [3.05, 3.63) is 65.0 Å². The zero-order chi connectivity index (χ0) is 14.1. The van der Waals surface area contributed by atoms with Crippen molar-refractivity contribution in [2.75, 3.05) is 7.11 Å². The van der Waals surface area contributed by atoms with Crippen LogP contribution >= 0.6 is 0 Å². The summed E-state index contributed by atoms with van der Waals surface area (Å²) in [4.78, 5) is 0. The molecule has 3 rings (SSSR count). The largest absolute Gasteiger partial charge is 0.497 e. The van der Waals surface area contributed by atoms with Crippen LogP contribution in [0, 0.1) is 5.82 Å². The van der Waals surface area contributed by atoms with E-state index in [0.29, 0.717) is 11.3 Å². The van der Waals surface area contributed by atoms with Crippen molar-refractivity contribution in [3.8, 4) is 5.75 Å². The van der Waals surface area contributed by atoms with E-state index in [4.69, 9.17) is 10.5 Å². The zero-order valence-electron chi connectivity index (χ0n) is 11.5. The minimum absolute atomic E-state index is 0.189. The molecule has 2 aromatic carbocycles. The molecule has 2 nitrogen and oxygen atoms in total. The highest BCUT2D eigenvalue weighted by Gasteiger charge is 2.29. The molecule has 2 aromatic rings. The number of hydrogen-bond acceptors (Lipinski definition) is 2. The van der Waals surface area contributed by atoms with Gasteiger partial charge < -0.3 is 10.5 Å². The first-order valence-electron chi connectivity index (χ1n) is 6.87. The molecule has 2 unspecified atom stereocenters. The summed E-state index contributed by atoms with van der Waals surface area (Å²) in [5, 5.41) is 0. The SMILES string of the molecule is COc1ccc(C(N)C2CCc3ccccc32)c(F)c1. The zero-order valence-corrected chi connectivity index (χ0v) is 11.5. The van der Waals surface area contributed by atoms with Gasteiger partial charge in [-0.25, -0.2) is 4.39 Å². The van der Waals surface area contributed by atoms with Gasteiger partial charge in [0.25, 0.3) is 0 Å². The number of fused-ring (bicyclic) bond motifs is 1. The Kier molecular flexibility index (Phi) is 3.45. The van der Waals surface area contributed by atoms with Gasteiger partial charge >= 0.3 is 0 Å². The molecule has 0 saturated heterocycles. The van der Waals surface area contributed by atoms with Crippen LogP contribution in [0.2, 0.25) is 0 Å². The van der Waals surface area contributed by atoms with E-state index in [0.717, 1.165) is 12.8 Å². The number of rotatable bonds is 3. The fourth-order valence-electron chi connectivity index (χ4n) is 3.09. The van der Waals surface area contributed by atoms with Gasteiger partial charge in [-0.05, 0) is 30.0 Å². The van der Waals surface area contributed by atoms with E-state index in [1.54, 1.807) is 12.1 Å². The standard InChI is InChI=1S/C17H18FNO/c1-20-12-7-9-15(16(18)10-12)17(19)14-8-6-11-4-2-3-5-13(11)14/h2-5,7,9-10,14,17H,6,8,19H2,1H3. The van der Waals surface area contributed by atoms with E-state index in [2.05, 4.69) is 12.1 Å². The smallest absolute Gasteiger partial charge is 0.131 e. The van der Waals surface area contributed by atoms with Crippen molar-refractivity contribution in [3.63, 3.8) is 0 Å². The molecule has 0 saturated carbocycles. The second-order valence-electron chi connectivity index (χ2n) is 5.26. The quantitative estimate of drug-likeness (QED) is 0.926. The van der Waals surface area contributed by atoms with Crippen LogP contribution in [0.1, 0.15) is 35.1 Å². The average molecular weight is 271 g/mol. The van der Waals surface area contributed by atoms with Gasteiger partial charge in [-0.15, -0.1) is 0 Å². The van der Waals surface area contributed by atoms with Crippen LogP contribution in [0.25, 0.3) is 0 Å². The Bertz CT molecular complexity index is 626. The molecule has 0 aromatic heterocycles. The maximum atomic E-state index is 14.2. The van der Waals surface area contributed by atoms with Crippen LogP contribution in [-0.4, -0.2) is 7.11 Å². The Morgan fingerprint density at radius 1 is 1.25 bits per heavy atom. The molecule has 2 N–H and O–H groups in total. The Balaban J connectivity index is 1.92. The molecule has 0 spiro atoms. The molecule has 3 heteroatoms. The van der Waals surface area contributed by atoms with Crippen molar-refractivity contribution < 1.29 is 9.13 Å². The van der Waals surface area contributed by atoms with E-state index in [1.165, 1.54) is 24.3 Å². The first kappa shape index (κ1) is 13.1. The number of methoxy groups -OCH3 is 1. The molecule has 1 aliphatic rings. The van der Waals surface area contributed by atoms with Crippen molar-refractivity contribution in [1.29, 1.82) is 0 Å². The van der Waals surface area contributed by atoms with E-state index in [9.17, 15) is 4.39 Å². The molecule has 0 aliphatic heterocycles.